The molecule has 0 N–H and O–H groups in total. The summed E-state index contributed by atoms with van der Waals surface area (Å²) >= 11 is 0. The molecule has 57 heavy (non-hydrogen) atoms. The minimum absolute atomic E-state index is 1.07. The largest absolute Gasteiger partial charge is 0.310 e. The van der Waals surface area contributed by atoms with Crippen molar-refractivity contribution >= 4 is 88.2 Å². The lowest BCUT2D eigenvalue weighted by Gasteiger charge is -2.30. The van der Waals surface area contributed by atoms with Gasteiger partial charge < -0.3 is 14.4 Å². The van der Waals surface area contributed by atoms with Gasteiger partial charge >= 0.3 is 0 Å². The van der Waals surface area contributed by atoms with Crippen LogP contribution in [0.2, 0.25) is 0 Å². The Morgan fingerprint density at radius 3 is 1.58 bits per heavy atom. The van der Waals surface area contributed by atoms with Crippen LogP contribution in [0.25, 0.3) is 59.8 Å². The van der Waals surface area contributed by atoms with E-state index in [0.717, 1.165) is 39.8 Å². The van der Waals surface area contributed by atoms with Crippen molar-refractivity contribution in [2.24, 2.45) is 0 Å². The summed E-state index contributed by atoms with van der Waals surface area (Å²) < 4.78 is 2.37. The summed E-state index contributed by atoms with van der Waals surface area (Å²) in [6, 6.07) is 81.2. The highest BCUT2D eigenvalue weighted by molar-refractivity contribution is 6.23. The zero-order valence-electron chi connectivity index (χ0n) is 31.2. The SMILES string of the molecule is c1ccc(N(c2cccc(N(c3ccccc3)c3cc4ccccc4c4ccc5ccccc5c34)c2)c2ccc3c(c2)c2ccccc2n3-c2ccccc2)cc1. The van der Waals surface area contributed by atoms with Crippen molar-refractivity contribution in [3.8, 4) is 5.69 Å². The van der Waals surface area contributed by atoms with E-state index in [0.29, 0.717) is 0 Å². The molecule has 268 valence electrons. The Hall–Kier alpha value is -7.62. The third-order valence-electron chi connectivity index (χ3n) is 11.3. The molecule has 0 atom stereocenters. The van der Waals surface area contributed by atoms with Crippen LogP contribution in [0.15, 0.2) is 224 Å². The maximum Gasteiger partial charge on any atom is 0.0552 e. The highest BCUT2D eigenvalue weighted by atomic mass is 15.2. The fourth-order valence-electron chi connectivity index (χ4n) is 8.79. The van der Waals surface area contributed by atoms with E-state index in [1.807, 2.05) is 0 Å². The van der Waals surface area contributed by atoms with E-state index in [1.165, 1.54) is 54.1 Å². The quantitative estimate of drug-likeness (QED) is 0.151. The molecule has 10 aromatic carbocycles. The van der Waals surface area contributed by atoms with Gasteiger partial charge in [0.1, 0.15) is 0 Å². The second kappa shape index (κ2) is 13.6. The molecule has 0 unspecified atom stereocenters. The van der Waals surface area contributed by atoms with Crippen molar-refractivity contribution < 1.29 is 0 Å². The van der Waals surface area contributed by atoms with E-state index in [-0.39, 0.29) is 0 Å². The fraction of sp³-hybridized carbons (Fsp3) is 0. The topological polar surface area (TPSA) is 11.4 Å². The van der Waals surface area contributed by atoms with E-state index in [9.17, 15) is 0 Å². The zero-order chi connectivity index (χ0) is 37.7. The van der Waals surface area contributed by atoms with Crippen LogP contribution in [0.5, 0.6) is 0 Å². The molecule has 0 amide bonds. The first-order valence-electron chi connectivity index (χ1n) is 19.5. The number of rotatable bonds is 7. The number of hydrogen-bond donors (Lipinski definition) is 0. The molecule has 3 heteroatoms. The van der Waals surface area contributed by atoms with Crippen LogP contribution >= 0.6 is 0 Å². The molecule has 3 nitrogen and oxygen atoms in total. The average molecular weight is 728 g/mol. The number of fused-ring (bicyclic) bond motifs is 8. The smallest absolute Gasteiger partial charge is 0.0552 e. The van der Waals surface area contributed by atoms with Gasteiger partial charge in [-0.1, -0.05) is 140 Å². The standard InChI is InChI=1S/C54H37N3/c1-4-19-40(20-5-1)55(45-32-34-52-50(37-45)48-29-14-15-30-51(48)57(52)42-23-8-3-9-24-42)43-25-16-26-44(36-43)56(41-21-6-2-7-22-41)53-35-39-18-11-12-27-46(39)49-33-31-38-17-10-13-28-47(38)54(49)53/h1-37H. The van der Waals surface area contributed by atoms with Gasteiger partial charge in [0, 0.05) is 50.3 Å². The molecule has 0 spiro atoms. The summed E-state index contributed by atoms with van der Waals surface area (Å²) in [6.45, 7) is 0. The van der Waals surface area contributed by atoms with Gasteiger partial charge in [-0.3, -0.25) is 0 Å². The van der Waals surface area contributed by atoms with Crippen molar-refractivity contribution in [1.82, 2.24) is 4.57 Å². The lowest BCUT2D eigenvalue weighted by Crippen LogP contribution is -2.13. The van der Waals surface area contributed by atoms with Crippen molar-refractivity contribution in [2.45, 2.75) is 0 Å². The van der Waals surface area contributed by atoms with Crippen molar-refractivity contribution in [2.75, 3.05) is 9.80 Å². The molecule has 0 saturated heterocycles. The van der Waals surface area contributed by atoms with Crippen LogP contribution < -0.4 is 9.80 Å². The van der Waals surface area contributed by atoms with E-state index >= 15 is 0 Å². The third-order valence-corrected chi connectivity index (χ3v) is 11.3. The second-order valence-electron chi connectivity index (χ2n) is 14.6. The number of nitrogens with zero attached hydrogens (tertiary/aromatic N) is 3. The first kappa shape index (κ1) is 32.8. The molecule has 11 aromatic rings. The summed E-state index contributed by atoms with van der Waals surface area (Å²) in [5, 5.41) is 9.85. The van der Waals surface area contributed by atoms with Gasteiger partial charge in [0.15, 0.2) is 0 Å². The van der Waals surface area contributed by atoms with Gasteiger partial charge in [-0.15, -0.1) is 0 Å². The third kappa shape index (κ3) is 5.51. The van der Waals surface area contributed by atoms with Crippen molar-refractivity contribution in [3.05, 3.63) is 224 Å². The normalized spacial score (nSPS) is 11.5. The molecule has 11 rings (SSSR count). The molecule has 0 bridgehead atoms. The Morgan fingerprint density at radius 1 is 0.281 bits per heavy atom. The number of hydrogen-bond acceptors (Lipinski definition) is 2. The molecule has 0 radical (unpaired) electrons. The van der Waals surface area contributed by atoms with Gasteiger partial charge in [-0.25, -0.2) is 0 Å². The summed E-state index contributed by atoms with van der Waals surface area (Å²) in [4.78, 5) is 4.82. The van der Waals surface area contributed by atoms with Crippen LogP contribution in [-0.4, -0.2) is 4.57 Å². The van der Waals surface area contributed by atoms with E-state index in [2.05, 4.69) is 239 Å². The summed E-state index contributed by atoms with van der Waals surface area (Å²) in [7, 11) is 0. The lowest BCUT2D eigenvalue weighted by molar-refractivity contribution is 1.18. The predicted octanol–water partition coefficient (Wildman–Crippen LogP) is 15.2. The Balaban J connectivity index is 1.15. The molecule has 0 fully saturated rings. The molecule has 0 saturated carbocycles. The van der Waals surface area contributed by atoms with E-state index in [4.69, 9.17) is 0 Å². The highest BCUT2D eigenvalue weighted by Gasteiger charge is 2.22. The van der Waals surface area contributed by atoms with Crippen LogP contribution in [-0.2, 0) is 0 Å². The maximum absolute atomic E-state index is 2.44. The molecule has 1 aromatic heterocycles. The Kier molecular flexibility index (Phi) is 7.82. The number of anilines is 6. The molecule has 0 aliphatic heterocycles. The van der Waals surface area contributed by atoms with E-state index < -0.39 is 0 Å². The Morgan fingerprint density at radius 2 is 0.825 bits per heavy atom. The van der Waals surface area contributed by atoms with Gasteiger partial charge in [0.2, 0.25) is 0 Å². The zero-order valence-corrected chi connectivity index (χ0v) is 31.2. The van der Waals surface area contributed by atoms with Gasteiger partial charge in [0.25, 0.3) is 0 Å². The minimum Gasteiger partial charge on any atom is -0.310 e. The maximum atomic E-state index is 2.44. The second-order valence-corrected chi connectivity index (χ2v) is 14.6. The molecular formula is C54H37N3. The lowest BCUT2D eigenvalue weighted by atomic mass is 9.94. The fourth-order valence-corrected chi connectivity index (χ4v) is 8.79. The molecular weight excluding hydrogens is 691 g/mol. The summed E-state index contributed by atoms with van der Waals surface area (Å²) in [6.07, 6.45) is 0. The predicted molar refractivity (Wildman–Crippen MR) is 243 cm³/mol. The van der Waals surface area contributed by atoms with Crippen molar-refractivity contribution in [3.63, 3.8) is 0 Å². The van der Waals surface area contributed by atoms with Gasteiger partial charge in [0.05, 0.1) is 16.7 Å². The molecule has 0 aliphatic rings. The Labute approximate surface area is 331 Å². The van der Waals surface area contributed by atoms with Crippen LogP contribution in [0, 0.1) is 0 Å². The Bertz CT molecular complexity index is 3240. The van der Waals surface area contributed by atoms with Crippen LogP contribution in [0.3, 0.4) is 0 Å². The first-order valence-corrected chi connectivity index (χ1v) is 19.5. The summed E-state index contributed by atoms with van der Waals surface area (Å²) in [5.74, 6) is 0. The average Bonchev–Trinajstić information content (AvgIpc) is 3.61. The van der Waals surface area contributed by atoms with Gasteiger partial charge in [-0.2, -0.15) is 0 Å². The first-order chi connectivity index (χ1) is 28.3. The van der Waals surface area contributed by atoms with Crippen LogP contribution in [0.4, 0.5) is 34.1 Å². The number of aromatic nitrogens is 1. The van der Waals surface area contributed by atoms with Crippen molar-refractivity contribution in [1.29, 1.82) is 0 Å². The molecule has 1 heterocycles. The number of benzene rings is 10. The monoisotopic (exact) mass is 727 g/mol. The van der Waals surface area contributed by atoms with Gasteiger partial charge in [-0.05, 0) is 112 Å². The van der Waals surface area contributed by atoms with E-state index in [1.54, 1.807) is 0 Å². The molecule has 0 aliphatic carbocycles. The summed E-state index contributed by atoms with van der Waals surface area (Å²) in [5.41, 5.74) is 10.1. The number of para-hydroxylation sites is 4. The van der Waals surface area contributed by atoms with Crippen LogP contribution in [0.1, 0.15) is 0 Å². The highest BCUT2D eigenvalue weighted by Crippen LogP contribution is 2.46. The minimum atomic E-state index is 1.07.